The number of nitrogens with one attached hydrogen (secondary N) is 1. The van der Waals surface area contributed by atoms with Crippen LogP contribution < -0.4 is 5.32 Å². The second-order valence-corrected chi connectivity index (χ2v) is 7.21. The first kappa shape index (κ1) is 20.8. The minimum Gasteiger partial charge on any atom is -0.361 e. The maximum absolute atomic E-state index is 13.2. The van der Waals surface area contributed by atoms with E-state index in [0.717, 1.165) is 16.7 Å². The van der Waals surface area contributed by atoms with Gasteiger partial charge in [0.1, 0.15) is 0 Å². The average molecular weight is 392 g/mol. The number of carbonyl (C=O) groups is 2. The van der Waals surface area contributed by atoms with Crippen molar-refractivity contribution in [2.24, 2.45) is 0 Å². The predicted molar refractivity (Wildman–Crippen MR) is 114 cm³/mol. The van der Waals surface area contributed by atoms with Gasteiger partial charge in [0.25, 0.3) is 5.91 Å². The normalized spacial score (nSPS) is 18.9. The molecule has 0 aliphatic carbocycles. The summed E-state index contributed by atoms with van der Waals surface area (Å²) in [7, 11) is 0. The van der Waals surface area contributed by atoms with Crippen molar-refractivity contribution in [3.05, 3.63) is 72.8 Å². The fourth-order valence-electron chi connectivity index (χ4n) is 3.75. The summed E-state index contributed by atoms with van der Waals surface area (Å²) in [4.78, 5) is 27.3. The van der Waals surface area contributed by atoms with Gasteiger partial charge >= 0.3 is 0 Å². The molecule has 1 unspecified atom stereocenters. The zero-order valence-electron chi connectivity index (χ0n) is 16.9. The zero-order chi connectivity index (χ0) is 20.7. The molecule has 5 nitrogen and oxygen atoms in total. The molecule has 29 heavy (non-hydrogen) atoms. The highest BCUT2D eigenvalue weighted by Crippen LogP contribution is 2.30. The molecule has 2 aromatic carbocycles. The molecule has 2 aromatic rings. The van der Waals surface area contributed by atoms with Crippen molar-refractivity contribution >= 4 is 11.8 Å². The molecule has 1 saturated heterocycles. The monoisotopic (exact) mass is 392 g/mol. The van der Waals surface area contributed by atoms with Gasteiger partial charge in [-0.1, -0.05) is 67.6 Å². The van der Waals surface area contributed by atoms with Crippen molar-refractivity contribution in [2.45, 2.75) is 25.4 Å². The Kier molecular flexibility index (Phi) is 6.83. The van der Waals surface area contributed by atoms with E-state index < -0.39 is 5.60 Å². The smallest absolute Gasteiger partial charge is 0.254 e. The third-order valence-corrected chi connectivity index (χ3v) is 5.24. The predicted octanol–water partition coefficient (Wildman–Crippen LogP) is 3.21. The van der Waals surface area contributed by atoms with Crippen LogP contribution in [0.25, 0.3) is 11.1 Å². The van der Waals surface area contributed by atoms with Crippen LogP contribution in [0.15, 0.2) is 67.3 Å². The fraction of sp³-hybridized carbons (Fsp3) is 0.333. The summed E-state index contributed by atoms with van der Waals surface area (Å²) in [6.07, 6.45) is 2.43. The first-order valence-electron chi connectivity index (χ1n) is 10.0. The Hall–Kier alpha value is -2.92. The number of hydrogen-bond donors (Lipinski definition) is 1. The van der Waals surface area contributed by atoms with Gasteiger partial charge in [-0.2, -0.15) is 0 Å². The fourth-order valence-corrected chi connectivity index (χ4v) is 3.75. The number of ether oxygens (including phenoxy) is 1. The lowest BCUT2D eigenvalue weighted by Crippen LogP contribution is -2.62. The van der Waals surface area contributed by atoms with Crippen molar-refractivity contribution < 1.29 is 14.3 Å². The van der Waals surface area contributed by atoms with Gasteiger partial charge in [-0.15, -0.1) is 6.58 Å². The first-order valence-corrected chi connectivity index (χ1v) is 10.0. The van der Waals surface area contributed by atoms with Gasteiger partial charge in [0.05, 0.1) is 13.2 Å². The summed E-state index contributed by atoms with van der Waals surface area (Å²) in [5.41, 5.74) is 2.03. The second-order valence-electron chi connectivity index (χ2n) is 7.21. The Balaban J connectivity index is 1.97. The highest BCUT2D eigenvalue weighted by Gasteiger charge is 2.45. The van der Waals surface area contributed by atoms with Crippen LogP contribution in [0.5, 0.6) is 0 Å². The minimum atomic E-state index is -1.13. The van der Waals surface area contributed by atoms with Crippen LogP contribution in [0, 0.1) is 0 Å². The molecular formula is C24H28N2O3. The van der Waals surface area contributed by atoms with Crippen LogP contribution in [0.2, 0.25) is 0 Å². The van der Waals surface area contributed by atoms with Gasteiger partial charge in [0, 0.05) is 25.9 Å². The largest absolute Gasteiger partial charge is 0.361 e. The van der Waals surface area contributed by atoms with E-state index in [-0.39, 0.29) is 18.4 Å². The van der Waals surface area contributed by atoms with Crippen LogP contribution in [0.4, 0.5) is 0 Å². The van der Waals surface area contributed by atoms with E-state index in [2.05, 4.69) is 30.1 Å². The summed E-state index contributed by atoms with van der Waals surface area (Å²) >= 11 is 0. The molecule has 2 amide bonds. The van der Waals surface area contributed by atoms with Crippen LogP contribution in [0.1, 0.15) is 18.9 Å². The molecule has 0 radical (unpaired) electrons. The minimum absolute atomic E-state index is 0.0329. The highest BCUT2D eigenvalue weighted by molar-refractivity contribution is 5.88. The van der Waals surface area contributed by atoms with Crippen LogP contribution in [-0.2, 0) is 20.7 Å². The van der Waals surface area contributed by atoms with Crippen LogP contribution in [-0.4, -0.2) is 48.6 Å². The lowest BCUT2D eigenvalue weighted by Gasteiger charge is -2.42. The van der Waals surface area contributed by atoms with Crippen molar-refractivity contribution in [3.63, 3.8) is 0 Å². The van der Waals surface area contributed by atoms with E-state index in [1.165, 1.54) is 0 Å². The van der Waals surface area contributed by atoms with Crippen LogP contribution in [0.3, 0.4) is 0 Å². The molecule has 1 fully saturated rings. The summed E-state index contributed by atoms with van der Waals surface area (Å²) < 4.78 is 6.10. The van der Waals surface area contributed by atoms with Gasteiger partial charge in [-0.25, -0.2) is 0 Å². The van der Waals surface area contributed by atoms with Crippen molar-refractivity contribution in [2.75, 3.05) is 26.2 Å². The Bertz CT molecular complexity index is 865. The molecular weight excluding hydrogens is 364 g/mol. The van der Waals surface area contributed by atoms with E-state index in [1.54, 1.807) is 11.0 Å². The highest BCUT2D eigenvalue weighted by atomic mass is 16.5. The Morgan fingerprint density at radius 2 is 1.90 bits per heavy atom. The van der Waals surface area contributed by atoms with Crippen molar-refractivity contribution in [3.8, 4) is 11.1 Å². The van der Waals surface area contributed by atoms with E-state index in [4.69, 9.17) is 4.74 Å². The Labute approximate surface area is 172 Å². The third-order valence-electron chi connectivity index (χ3n) is 5.24. The topological polar surface area (TPSA) is 58.6 Å². The molecule has 0 saturated carbocycles. The molecule has 5 heteroatoms. The standard InChI is InChI=1S/C24H28N2O3/c1-3-14-25-23(28)24(18-26(15-16-29-24)22(27)4-2)17-20-12-8-9-13-21(20)19-10-6-5-7-11-19/h3,5-13H,1,4,14-18H2,2H3,(H,25,28). The summed E-state index contributed by atoms with van der Waals surface area (Å²) in [6, 6.07) is 18.1. The van der Waals surface area contributed by atoms with Gasteiger partial charge in [0.15, 0.2) is 5.60 Å². The summed E-state index contributed by atoms with van der Waals surface area (Å²) in [5, 5.41) is 2.88. The van der Waals surface area contributed by atoms with Crippen molar-refractivity contribution in [1.29, 1.82) is 0 Å². The first-order chi connectivity index (χ1) is 14.1. The Morgan fingerprint density at radius 1 is 1.17 bits per heavy atom. The molecule has 152 valence electrons. The zero-order valence-corrected chi connectivity index (χ0v) is 16.9. The molecule has 1 aliphatic heterocycles. The average Bonchev–Trinajstić information content (AvgIpc) is 2.78. The maximum atomic E-state index is 13.2. The van der Waals surface area contributed by atoms with E-state index in [0.29, 0.717) is 32.5 Å². The SMILES string of the molecule is C=CCNC(=O)C1(Cc2ccccc2-c2ccccc2)CN(C(=O)CC)CCO1. The molecule has 3 rings (SSSR count). The summed E-state index contributed by atoms with van der Waals surface area (Å²) in [5.74, 6) is -0.181. The molecule has 1 N–H and O–H groups in total. The number of nitrogens with zero attached hydrogens (tertiary/aromatic N) is 1. The molecule has 1 atom stereocenters. The lowest BCUT2D eigenvalue weighted by molar-refractivity contribution is -0.165. The maximum Gasteiger partial charge on any atom is 0.254 e. The van der Waals surface area contributed by atoms with Crippen LogP contribution >= 0.6 is 0 Å². The molecule has 1 heterocycles. The van der Waals surface area contributed by atoms with E-state index in [1.807, 2.05) is 43.3 Å². The second kappa shape index (κ2) is 9.52. The number of hydrogen-bond acceptors (Lipinski definition) is 3. The van der Waals surface area contributed by atoms with Gasteiger partial charge in [-0.3, -0.25) is 9.59 Å². The number of rotatable bonds is 7. The van der Waals surface area contributed by atoms with Gasteiger partial charge < -0.3 is 15.0 Å². The number of morpholine rings is 1. The summed E-state index contributed by atoms with van der Waals surface area (Å²) in [6.45, 7) is 6.94. The molecule has 0 spiro atoms. The molecule has 0 bridgehead atoms. The van der Waals surface area contributed by atoms with Gasteiger partial charge in [-0.05, 0) is 16.7 Å². The quantitative estimate of drug-likeness (QED) is 0.736. The third kappa shape index (κ3) is 4.74. The number of benzene rings is 2. The van der Waals surface area contributed by atoms with E-state index >= 15 is 0 Å². The Morgan fingerprint density at radius 3 is 2.62 bits per heavy atom. The van der Waals surface area contributed by atoms with Gasteiger partial charge in [0.2, 0.25) is 5.91 Å². The molecule has 1 aliphatic rings. The number of carbonyl (C=O) groups excluding carboxylic acids is 2. The molecule has 0 aromatic heterocycles. The number of amides is 2. The lowest BCUT2D eigenvalue weighted by atomic mass is 9.87. The van der Waals surface area contributed by atoms with Crippen molar-refractivity contribution in [1.82, 2.24) is 10.2 Å². The van der Waals surface area contributed by atoms with E-state index in [9.17, 15) is 9.59 Å².